The number of aromatic nitrogens is 2. The van der Waals surface area contributed by atoms with E-state index in [-0.39, 0.29) is 0 Å². The van der Waals surface area contributed by atoms with E-state index in [1.54, 1.807) is 12.1 Å². The summed E-state index contributed by atoms with van der Waals surface area (Å²) in [5.41, 5.74) is 0.700. The van der Waals surface area contributed by atoms with Crippen LogP contribution in [0.25, 0.3) is 0 Å². The van der Waals surface area contributed by atoms with E-state index in [2.05, 4.69) is 15.3 Å². The van der Waals surface area contributed by atoms with E-state index in [0.29, 0.717) is 32.6 Å². The van der Waals surface area contributed by atoms with E-state index in [1.807, 2.05) is 12.1 Å². The molecular formula is C14H12Cl3N3. The van der Waals surface area contributed by atoms with Crippen LogP contribution in [0.3, 0.4) is 0 Å². The van der Waals surface area contributed by atoms with Crippen molar-refractivity contribution in [1.29, 1.82) is 0 Å². The summed E-state index contributed by atoms with van der Waals surface area (Å²) in [5.74, 6) is 2.10. The topological polar surface area (TPSA) is 37.8 Å². The molecule has 0 bridgehead atoms. The maximum atomic E-state index is 6.15. The Balaban J connectivity index is 1.85. The minimum Gasteiger partial charge on any atom is -0.339 e. The molecular weight excluding hydrogens is 317 g/mol. The van der Waals surface area contributed by atoms with Gasteiger partial charge < -0.3 is 5.32 Å². The number of nitrogens with one attached hydrogen (secondary N) is 1. The van der Waals surface area contributed by atoms with E-state index in [0.717, 1.165) is 12.2 Å². The second-order valence-corrected chi connectivity index (χ2v) is 6.04. The second kappa shape index (κ2) is 5.76. The van der Waals surface area contributed by atoms with Crippen molar-refractivity contribution in [3.63, 3.8) is 0 Å². The van der Waals surface area contributed by atoms with E-state index in [1.165, 1.54) is 12.8 Å². The average molecular weight is 329 g/mol. The third kappa shape index (κ3) is 3.35. The van der Waals surface area contributed by atoms with Crippen LogP contribution in [-0.2, 0) is 6.42 Å². The zero-order valence-corrected chi connectivity index (χ0v) is 12.8. The molecule has 3 rings (SSSR count). The number of hydrogen-bond donors (Lipinski definition) is 1. The molecule has 20 heavy (non-hydrogen) atoms. The molecule has 0 unspecified atom stereocenters. The molecule has 1 fully saturated rings. The van der Waals surface area contributed by atoms with Crippen molar-refractivity contribution in [2.75, 3.05) is 5.32 Å². The predicted octanol–water partition coefficient (Wildman–Crippen LogP) is 5.13. The van der Waals surface area contributed by atoms with Gasteiger partial charge in [0, 0.05) is 12.5 Å². The lowest BCUT2D eigenvalue weighted by Gasteiger charge is -2.10. The Kier molecular flexibility index (Phi) is 4.01. The molecule has 1 saturated carbocycles. The van der Waals surface area contributed by atoms with Gasteiger partial charge in [0.2, 0.25) is 0 Å². The molecule has 1 N–H and O–H groups in total. The molecule has 2 aromatic rings. The van der Waals surface area contributed by atoms with Crippen molar-refractivity contribution in [3.05, 3.63) is 45.3 Å². The van der Waals surface area contributed by atoms with E-state index in [9.17, 15) is 0 Å². The smallest absolute Gasteiger partial charge is 0.135 e. The molecule has 0 saturated heterocycles. The molecule has 3 nitrogen and oxygen atoms in total. The molecule has 1 aliphatic rings. The molecule has 1 aliphatic carbocycles. The van der Waals surface area contributed by atoms with Crippen molar-refractivity contribution in [1.82, 2.24) is 9.97 Å². The first-order chi connectivity index (χ1) is 9.61. The Morgan fingerprint density at radius 1 is 1.15 bits per heavy atom. The lowest BCUT2D eigenvalue weighted by molar-refractivity contribution is 0.771. The Morgan fingerprint density at radius 3 is 2.70 bits per heavy atom. The van der Waals surface area contributed by atoms with Crippen LogP contribution in [0.4, 0.5) is 11.5 Å². The summed E-state index contributed by atoms with van der Waals surface area (Å²) >= 11 is 18.2. The maximum absolute atomic E-state index is 6.15. The predicted molar refractivity (Wildman–Crippen MR) is 83.2 cm³/mol. The highest BCUT2D eigenvalue weighted by Gasteiger charge is 2.23. The minimum absolute atomic E-state index is 0.427. The van der Waals surface area contributed by atoms with Gasteiger partial charge in [-0.2, -0.15) is 0 Å². The van der Waals surface area contributed by atoms with Crippen LogP contribution in [0.15, 0.2) is 24.3 Å². The second-order valence-electron chi connectivity index (χ2n) is 4.87. The molecule has 0 amide bonds. The van der Waals surface area contributed by atoms with Crippen LogP contribution in [0.2, 0.25) is 15.2 Å². The lowest BCUT2D eigenvalue weighted by Crippen LogP contribution is -2.02. The zero-order valence-electron chi connectivity index (χ0n) is 10.5. The normalized spacial score (nSPS) is 14.3. The standard InChI is InChI=1S/C14H12Cl3N3/c15-9-2-1-3-10(14(9)17)18-13-7-11(16)19-12(20-13)6-8-4-5-8/h1-3,7-8H,4-6H2,(H,18,19,20). The molecule has 1 aromatic carbocycles. The zero-order chi connectivity index (χ0) is 14.1. The molecule has 6 heteroatoms. The molecule has 0 spiro atoms. The van der Waals surface area contributed by atoms with Crippen molar-refractivity contribution >= 4 is 46.3 Å². The highest BCUT2D eigenvalue weighted by atomic mass is 35.5. The third-order valence-corrected chi connectivity index (χ3v) is 4.14. The third-order valence-electron chi connectivity index (χ3n) is 3.12. The van der Waals surface area contributed by atoms with Gasteiger partial charge in [0.1, 0.15) is 16.8 Å². The molecule has 1 aromatic heterocycles. The minimum atomic E-state index is 0.427. The Hall–Kier alpha value is -1.03. The van der Waals surface area contributed by atoms with Crippen LogP contribution in [0.1, 0.15) is 18.7 Å². The summed E-state index contributed by atoms with van der Waals surface area (Å²) in [7, 11) is 0. The highest BCUT2D eigenvalue weighted by Crippen LogP contribution is 2.33. The van der Waals surface area contributed by atoms with Gasteiger partial charge >= 0.3 is 0 Å². The number of hydrogen-bond acceptors (Lipinski definition) is 3. The molecule has 1 heterocycles. The summed E-state index contributed by atoms with van der Waals surface area (Å²) in [6.45, 7) is 0. The largest absolute Gasteiger partial charge is 0.339 e. The number of nitrogens with zero attached hydrogens (tertiary/aromatic N) is 2. The van der Waals surface area contributed by atoms with Crippen LogP contribution in [0, 0.1) is 5.92 Å². The fourth-order valence-corrected chi connectivity index (χ4v) is 2.49. The summed E-state index contributed by atoms with van der Waals surface area (Å²) in [5, 5.41) is 4.52. The number of benzene rings is 1. The fraction of sp³-hybridized carbons (Fsp3) is 0.286. The lowest BCUT2D eigenvalue weighted by atomic mass is 10.3. The van der Waals surface area contributed by atoms with Gasteiger partial charge in [-0.25, -0.2) is 9.97 Å². The Bertz CT molecular complexity index is 642. The van der Waals surface area contributed by atoms with Gasteiger partial charge in [-0.15, -0.1) is 0 Å². The van der Waals surface area contributed by atoms with Gasteiger partial charge in [-0.1, -0.05) is 40.9 Å². The highest BCUT2D eigenvalue weighted by molar-refractivity contribution is 6.43. The Labute approximate surface area is 132 Å². The van der Waals surface area contributed by atoms with Gasteiger partial charge in [0.15, 0.2) is 0 Å². The van der Waals surface area contributed by atoms with Gasteiger partial charge in [-0.05, 0) is 30.9 Å². The van der Waals surface area contributed by atoms with E-state index in [4.69, 9.17) is 34.8 Å². The van der Waals surface area contributed by atoms with Crippen LogP contribution in [0.5, 0.6) is 0 Å². The Morgan fingerprint density at radius 2 is 1.95 bits per heavy atom. The number of rotatable bonds is 4. The van der Waals surface area contributed by atoms with Crippen molar-refractivity contribution in [2.45, 2.75) is 19.3 Å². The van der Waals surface area contributed by atoms with E-state index < -0.39 is 0 Å². The number of halogens is 3. The average Bonchev–Trinajstić information content (AvgIpc) is 3.18. The molecule has 104 valence electrons. The number of anilines is 2. The quantitative estimate of drug-likeness (QED) is 0.790. The van der Waals surface area contributed by atoms with Crippen molar-refractivity contribution in [3.8, 4) is 0 Å². The molecule has 0 atom stereocenters. The van der Waals surface area contributed by atoms with Crippen molar-refractivity contribution in [2.24, 2.45) is 5.92 Å². The first kappa shape index (κ1) is 13.9. The van der Waals surface area contributed by atoms with Crippen LogP contribution >= 0.6 is 34.8 Å². The summed E-state index contributed by atoms with van der Waals surface area (Å²) in [6, 6.07) is 7.07. The van der Waals surface area contributed by atoms with E-state index >= 15 is 0 Å². The van der Waals surface area contributed by atoms with Gasteiger partial charge in [0.05, 0.1) is 15.7 Å². The summed E-state index contributed by atoms with van der Waals surface area (Å²) in [6.07, 6.45) is 3.37. The molecule has 0 radical (unpaired) electrons. The first-order valence-corrected chi connectivity index (χ1v) is 7.49. The summed E-state index contributed by atoms with van der Waals surface area (Å²) < 4.78 is 0. The fourth-order valence-electron chi connectivity index (χ4n) is 1.94. The maximum Gasteiger partial charge on any atom is 0.135 e. The van der Waals surface area contributed by atoms with Gasteiger partial charge in [-0.3, -0.25) is 0 Å². The monoisotopic (exact) mass is 327 g/mol. The summed E-state index contributed by atoms with van der Waals surface area (Å²) in [4.78, 5) is 8.72. The van der Waals surface area contributed by atoms with Crippen LogP contribution < -0.4 is 5.32 Å². The van der Waals surface area contributed by atoms with Crippen LogP contribution in [-0.4, -0.2) is 9.97 Å². The van der Waals surface area contributed by atoms with Crippen molar-refractivity contribution < 1.29 is 0 Å². The van der Waals surface area contributed by atoms with Gasteiger partial charge in [0.25, 0.3) is 0 Å². The first-order valence-electron chi connectivity index (χ1n) is 6.36. The molecule has 0 aliphatic heterocycles. The SMILES string of the molecule is Clc1cc(Nc2cccc(Cl)c2Cl)nc(CC2CC2)n1.